The first kappa shape index (κ1) is 18.0. The van der Waals surface area contributed by atoms with Gasteiger partial charge < -0.3 is 4.74 Å². The number of hydrogen-bond acceptors (Lipinski definition) is 4. The summed E-state index contributed by atoms with van der Waals surface area (Å²) >= 11 is 1.67. The van der Waals surface area contributed by atoms with Gasteiger partial charge in [0, 0.05) is 16.5 Å². The first-order chi connectivity index (χ1) is 14.2. The molecule has 0 unspecified atom stereocenters. The van der Waals surface area contributed by atoms with Crippen molar-refractivity contribution >= 4 is 39.1 Å². The van der Waals surface area contributed by atoms with Gasteiger partial charge in [-0.1, -0.05) is 66.4 Å². The molecule has 144 valence electrons. The summed E-state index contributed by atoms with van der Waals surface area (Å²) in [4.78, 5) is 0. The van der Waals surface area contributed by atoms with E-state index in [0.717, 1.165) is 27.7 Å². The monoisotopic (exact) mass is 399 g/mol. The van der Waals surface area contributed by atoms with Crippen molar-refractivity contribution in [2.45, 2.75) is 19.0 Å². The SMILES string of the molecule is Cc1cc2nnc(SCCOc3cccc4ccccc34)n2c2c(C)cccc12. The molecule has 0 fully saturated rings. The minimum Gasteiger partial charge on any atom is -0.492 e. The first-order valence-electron chi connectivity index (χ1n) is 9.70. The third kappa shape index (κ3) is 3.21. The average Bonchev–Trinajstić information content (AvgIpc) is 3.14. The zero-order chi connectivity index (χ0) is 19.8. The second kappa shape index (κ2) is 7.41. The van der Waals surface area contributed by atoms with E-state index in [1.54, 1.807) is 11.8 Å². The van der Waals surface area contributed by atoms with E-state index in [4.69, 9.17) is 4.74 Å². The number of ether oxygens (including phenoxy) is 1. The maximum Gasteiger partial charge on any atom is 0.196 e. The van der Waals surface area contributed by atoms with Crippen LogP contribution in [0.15, 0.2) is 71.9 Å². The van der Waals surface area contributed by atoms with Gasteiger partial charge in [0.15, 0.2) is 10.8 Å². The first-order valence-corrected chi connectivity index (χ1v) is 10.7. The molecule has 0 bridgehead atoms. The number of fused-ring (bicyclic) bond motifs is 4. The lowest BCUT2D eigenvalue weighted by atomic mass is 10.1. The Morgan fingerprint density at radius 1 is 0.862 bits per heavy atom. The fraction of sp³-hybridized carbons (Fsp3) is 0.167. The normalized spacial score (nSPS) is 11.5. The van der Waals surface area contributed by atoms with Crippen LogP contribution in [-0.2, 0) is 0 Å². The van der Waals surface area contributed by atoms with Crippen LogP contribution in [0.25, 0.3) is 27.3 Å². The Balaban J connectivity index is 1.39. The molecule has 0 saturated heterocycles. The van der Waals surface area contributed by atoms with E-state index >= 15 is 0 Å². The molecule has 0 saturated carbocycles. The van der Waals surface area contributed by atoms with Crippen molar-refractivity contribution < 1.29 is 4.74 Å². The van der Waals surface area contributed by atoms with Crippen LogP contribution in [0.2, 0.25) is 0 Å². The summed E-state index contributed by atoms with van der Waals surface area (Å²) < 4.78 is 8.25. The Kier molecular flexibility index (Phi) is 4.60. The van der Waals surface area contributed by atoms with Crippen molar-refractivity contribution in [3.05, 3.63) is 77.9 Å². The summed E-state index contributed by atoms with van der Waals surface area (Å²) in [7, 11) is 0. The summed E-state index contributed by atoms with van der Waals surface area (Å²) in [6, 6.07) is 23.0. The second-order valence-corrected chi connectivity index (χ2v) is 8.21. The number of pyridine rings is 1. The molecule has 0 N–H and O–H groups in total. The molecule has 0 aliphatic heterocycles. The molecule has 5 rings (SSSR count). The second-order valence-electron chi connectivity index (χ2n) is 7.15. The van der Waals surface area contributed by atoms with Crippen molar-refractivity contribution in [1.82, 2.24) is 14.6 Å². The topological polar surface area (TPSA) is 39.4 Å². The van der Waals surface area contributed by atoms with Crippen molar-refractivity contribution in [3.63, 3.8) is 0 Å². The highest BCUT2D eigenvalue weighted by molar-refractivity contribution is 7.99. The lowest BCUT2D eigenvalue weighted by Crippen LogP contribution is -2.02. The number of nitrogens with zero attached hydrogens (tertiary/aromatic N) is 3. The van der Waals surface area contributed by atoms with E-state index < -0.39 is 0 Å². The Hall–Kier alpha value is -3.05. The highest BCUT2D eigenvalue weighted by atomic mass is 32.2. The van der Waals surface area contributed by atoms with Crippen LogP contribution in [0.1, 0.15) is 11.1 Å². The molecule has 0 aliphatic carbocycles. The van der Waals surface area contributed by atoms with Gasteiger partial charge in [0.05, 0.1) is 12.1 Å². The van der Waals surface area contributed by atoms with Gasteiger partial charge in [-0.3, -0.25) is 4.40 Å². The van der Waals surface area contributed by atoms with Crippen LogP contribution in [0.4, 0.5) is 0 Å². The number of aryl methyl sites for hydroxylation is 2. The van der Waals surface area contributed by atoms with Crippen LogP contribution in [0.3, 0.4) is 0 Å². The summed E-state index contributed by atoms with van der Waals surface area (Å²) in [6.45, 7) is 4.87. The highest BCUT2D eigenvalue weighted by Crippen LogP contribution is 2.29. The van der Waals surface area contributed by atoms with E-state index in [1.165, 1.54) is 27.4 Å². The highest BCUT2D eigenvalue weighted by Gasteiger charge is 2.13. The van der Waals surface area contributed by atoms with E-state index in [2.05, 4.69) is 70.9 Å². The molecule has 0 spiro atoms. The van der Waals surface area contributed by atoms with Crippen LogP contribution >= 0.6 is 11.8 Å². The van der Waals surface area contributed by atoms with Crippen LogP contribution < -0.4 is 4.74 Å². The van der Waals surface area contributed by atoms with Gasteiger partial charge in [-0.25, -0.2) is 0 Å². The summed E-state index contributed by atoms with van der Waals surface area (Å²) in [5, 5.41) is 13.3. The number of rotatable bonds is 5. The summed E-state index contributed by atoms with van der Waals surface area (Å²) in [5.74, 6) is 1.72. The van der Waals surface area contributed by atoms with Crippen LogP contribution in [0.5, 0.6) is 5.75 Å². The fourth-order valence-corrected chi connectivity index (χ4v) is 4.59. The number of para-hydroxylation sites is 1. The largest absolute Gasteiger partial charge is 0.492 e. The number of benzene rings is 3. The Morgan fingerprint density at radius 3 is 2.59 bits per heavy atom. The van der Waals surface area contributed by atoms with Gasteiger partial charge in [0.25, 0.3) is 0 Å². The summed E-state index contributed by atoms with van der Waals surface area (Å²) in [6.07, 6.45) is 0. The summed E-state index contributed by atoms with van der Waals surface area (Å²) in [5.41, 5.74) is 4.52. The van der Waals surface area contributed by atoms with Crippen molar-refractivity contribution in [1.29, 1.82) is 0 Å². The van der Waals surface area contributed by atoms with Gasteiger partial charge >= 0.3 is 0 Å². The minimum atomic E-state index is 0.608. The Labute approximate surface area is 173 Å². The molecule has 4 nitrogen and oxygen atoms in total. The maximum atomic E-state index is 6.08. The zero-order valence-electron chi connectivity index (χ0n) is 16.4. The van der Waals surface area contributed by atoms with Crippen LogP contribution in [-0.4, -0.2) is 27.0 Å². The quantitative estimate of drug-likeness (QED) is 0.276. The molecule has 5 heteroatoms. The lowest BCUT2D eigenvalue weighted by molar-refractivity contribution is 0.348. The van der Waals surface area contributed by atoms with Crippen molar-refractivity contribution in [2.75, 3.05) is 12.4 Å². The molecule has 2 heterocycles. The van der Waals surface area contributed by atoms with E-state index in [0.29, 0.717) is 6.61 Å². The maximum absolute atomic E-state index is 6.08. The van der Waals surface area contributed by atoms with Crippen LogP contribution in [0, 0.1) is 13.8 Å². The predicted molar refractivity (Wildman–Crippen MR) is 120 cm³/mol. The fourth-order valence-electron chi connectivity index (χ4n) is 3.83. The third-order valence-electron chi connectivity index (χ3n) is 5.21. The molecule has 0 atom stereocenters. The Bertz CT molecular complexity index is 1340. The molecule has 0 amide bonds. The molecule has 0 radical (unpaired) electrons. The van der Waals surface area contributed by atoms with Gasteiger partial charge in [0.2, 0.25) is 0 Å². The van der Waals surface area contributed by atoms with Gasteiger partial charge in [-0.05, 0) is 42.5 Å². The molecular weight excluding hydrogens is 378 g/mol. The van der Waals surface area contributed by atoms with Gasteiger partial charge in [-0.2, -0.15) is 0 Å². The molecule has 0 aliphatic rings. The van der Waals surface area contributed by atoms with Crippen molar-refractivity contribution in [2.24, 2.45) is 0 Å². The molecule has 29 heavy (non-hydrogen) atoms. The molecule has 2 aromatic heterocycles. The molecule has 3 aromatic carbocycles. The standard InChI is InChI=1S/C24H21N3OS/c1-16-7-5-11-19-17(2)15-22-25-26-24(27(22)23(16)19)29-14-13-28-21-12-6-9-18-8-3-4-10-20(18)21/h3-12,15H,13-14H2,1-2H3. The number of thioether (sulfide) groups is 1. The zero-order valence-corrected chi connectivity index (χ0v) is 17.2. The third-order valence-corrected chi connectivity index (χ3v) is 6.11. The minimum absolute atomic E-state index is 0.608. The van der Waals surface area contributed by atoms with Gasteiger partial charge in [0.1, 0.15) is 5.75 Å². The van der Waals surface area contributed by atoms with E-state index in [1.807, 2.05) is 24.3 Å². The lowest BCUT2D eigenvalue weighted by Gasteiger charge is -2.11. The molecular formula is C24H21N3OS. The predicted octanol–water partition coefficient (Wildman–Crippen LogP) is 5.82. The van der Waals surface area contributed by atoms with Gasteiger partial charge in [-0.15, -0.1) is 10.2 Å². The Morgan fingerprint density at radius 2 is 1.66 bits per heavy atom. The van der Waals surface area contributed by atoms with E-state index in [-0.39, 0.29) is 0 Å². The van der Waals surface area contributed by atoms with E-state index in [9.17, 15) is 0 Å². The van der Waals surface area contributed by atoms with Crippen molar-refractivity contribution in [3.8, 4) is 5.75 Å². The average molecular weight is 400 g/mol. The molecule has 5 aromatic rings. The smallest absolute Gasteiger partial charge is 0.196 e. The number of aromatic nitrogens is 3. The number of hydrogen-bond donors (Lipinski definition) is 0.